The number of hydrogen-bond acceptors (Lipinski definition) is 3. The van der Waals surface area contributed by atoms with Gasteiger partial charge >= 0.3 is 0 Å². The summed E-state index contributed by atoms with van der Waals surface area (Å²) in [6, 6.07) is 51.4. The lowest BCUT2D eigenvalue weighted by molar-refractivity contribution is 0.953. The average molecular weight is 549 g/mol. The number of hydrogen-bond donors (Lipinski definition) is 0. The molecule has 0 fully saturated rings. The van der Waals surface area contributed by atoms with Crippen molar-refractivity contribution in [1.82, 2.24) is 19.5 Å². The van der Waals surface area contributed by atoms with E-state index in [2.05, 4.69) is 120 Å². The minimum Gasteiger partial charge on any atom is -0.278 e. The fraction of sp³-hybridized carbons (Fsp3) is 0. The van der Waals surface area contributed by atoms with Crippen molar-refractivity contribution in [3.05, 3.63) is 146 Å². The molecule has 10 bridgehead atoms. The quantitative estimate of drug-likeness (QED) is 0.205. The van der Waals surface area contributed by atoms with Gasteiger partial charge in [-0.3, -0.25) is 4.57 Å². The van der Waals surface area contributed by atoms with E-state index in [0.717, 1.165) is 55.2 Å². The molecule has 0 atom stereocenters. The molecule has 6 aromatic carbocycles. The molecule has 9 rings (SSSR count). The SMILES string of the molecule is c1ccc(-c2nc3nc(n2)-n2c4ccccc4c4ccc(cc42)-c2cccc(c2)-c2cccc(c2)-c2cccc-3c2)cc1. The Kier molecular flexibility index (Phi) is 5.16. The molecule has 0 saturated carbocycles. The van der Waals surface area contributed by atoms with Crippen LogP contribution < -0.4 is 0 Å². The summed E-state index contributed by atoms with van der Waals surface area (Å²) in [6.45, 7) is 0. The zero-order valence-electron chi connectivity index (χ0n) is 23.1. The first-order valence-corrected chi connectivity index (χ1v) is 14.5. The Morgan fingerprint density at radius 1 is 0.326 bits per heavy atom. The van der Waals surface area contributed by atoms with Gasteiger partial charge in [-0.05, 0) is 63.7 Å². The van der Waals surface area contributed by atoms with Crippen molar-refractivity contribution in [3.63, 3.8) is 0 Å². The van der Waals surface area contributed by atoms with E-state index in [1.807, 2.05) is 30.3 Å². The van der Waals surface area contributed by atoms with Gasteiger partial charge in [0, 0.05) is 21.9 Å². The van der Waals surface area contributed by atoms with Gasteiger partial charge in [0.15, 0.2) is 11.6 Å². The average Bonchev–Trinajstić information content (AvgIpc) is 3.42. The summed E-state index contributed by atoms with van der Waals surface area (Å²) in [5.41, 5.74) is 10.9. The lowest BCUT2D eigenvalue weighted by Crippen LogP contribution is -2.06. The Bertz CT molecular complexity index is 2350. The standard InChI is InChI=1S/C39H24N4/c1-2-9-25(10-3-1)37-40-38-32-16-8-15-30(23-32)28-13-6-11-26(21-28)27-12-7-14-29(22-27)31-19-20-34-33-17-4-5-18-35(33)43(36(34)24-31)39(41-37)42-38/h1-24H. The van der Waals surface area contributed by atoms with E-state index in [9.17, 15) is 0 Å². The van der Waals surface area contributed by atoms with Crippen LogP contribution in [0.4, 0.5) is 0 Å². The van der Waals surface area contributed by atoms with Gasteiger partial charge in [0.1, 0.15) is 0 Å². The lowest BCUT2D eigenvalue weighted by atomic mass is 9.95. The minimum absolute atomic E-state index is 0.598. The van der Waals surface area contributed by atoms with Gasteiger partial charge in [-0.1, -0.05) is 115 Å². The highest BCUT2D eigenvalue weighted by Gasteiger charge is 2.19. The highest BCUT2D eigenvalue weighted by atomic mass is 15.2. The van der Waals surface area contributed by atoms with Crippen LogP contribution in [0.1, 0.15) is 0 Å². The zero-order chi connectivity index (χ0) is 28.3. The maximum atomic E-state index is 5.16. The largest absolute Gasteiger partial charge is 0.278 e. The fourth-order valence-electron chi connectivity index (χ4n) is 6.27. The van der Waals surface area contributed by atoms with E-state index < -0.39 is 0 Å². The van der Waals surface area contributed by atoms with E-state index in [1.165, 1.54) is 11.1 Å². The molecular formula is C39H24N4. The van der Waals surface area contributed by atoms with Gasteiger partial charge < -0.3 is 0 Å². The summed E-state index contributed by atoms with van der Waals surface area (Å²) in [7, 11) is 0. The van der Waals surface area contributed by atoms with Crippen LogP contribution in [0.15, 0.2) is 146 Å². The first-order valence-electron chi connectivity index (χ1n) is 14.5. The van der Waals surface area contributed by atoms with Crippen LogP contribution in [-0.2, 0) is 0 Å². The zero-order valence-corrected chi connectivity index (χ0v) is 23.1. The monoisotopic (exact) mass is 548 g/mol. The highest BCUT2D eigenvalue weighted by Crippen LogP contribution is 2.37. The molecule has 0 saturated heterocycles. The summed E-state index contributed by atoms with van der Waals surface area (Å²) in [4.78, 5) is 15.3. The maximum absolute atomic E-state index is 5.16. The van der Waals surface area contributed by atoms with Crippen LogP contribution in [0.5, 0.6) is 0 Å². The lowest BCUT2D eigenvalue weighted by Gasteiger charge is -2.13. The second-order valence-corrected chi connectivity index (χ2v) is 11.0. The topological polar surface area (TPSA) is 43.6 Å². The summed E-state index contributed by atoms with van der Waals surface area (Å²) in [5, 5.41) is 2.33. The Labute approximate surface area is 248 Å². The second kappa shape index (κ2) is 9.33. The van der Waals surface area contributed by atoms with Gasteiger partial charge in [-0.25, -0.2) is 4.98 Å². The first kappa shape index (κ1) is 23.8. The third-order valence-corrected chi connectivity index (χ3v) is 8.38. The van der Waals surface area contributed by atoms with Crippen molar-refractivity contribution >= 4 is 21.8 Å². The van der Waals surface area contributed by atoms with Gasteiger partial charge in [-0.2, -0.15) is 9.97 Å². The Morgan fingerprint density at radius 2 is 0.814 bits per heavy atom. The fourth-order valence-corrected chi connectivity index (χ4v) is 6.27. The Morgan fingerprint density at radius 3 is 1.49 bits per heavy atom. The van der Waals surface area contributed by atoms with Gasteiger partial charge in [0.25, 0.3) is 0 Å². The van der Waals surface area contributed by atoms with Crippen molar-refractivity contribution in [2.75, 3.05) is 0 Å². The van der Waals surface area contributed by atoms with Gasteiger partial charge in [-0.15, -0.1) is 0 Å². The minimum atomic E-state index is 0.598. The first-order chi connectivity index (χ1) is 21.3. The Hall–Kier alpha value is -5.87. The third kappa shape index (κ3) is 3.88. The molecule has 200 valence electrons. The molecule has 2 aromatic heterocycles. The molecule has 4 heteroatoms. The molecule has 4 nitrogen and oxygen atoms in total. The number of para-hydroxylation sites is 1. The van der Waals surface area contributed by atoms with E-state index >= 15 is 0 Å². The van der Waals surface area contributed by atoms with E-state index in [-0.39, 0.29) is 0 Å². The number of fused-ring (bicyclic) bond motifs is 17. The van der Waals surface area contributed by atoms with Crippen molar-refractivity contribution < 1.29 is 0 Å². The van der Waals surface area contributed by atoms with E-state index in [4.69, 9.17) is 15.0 Å². The van der Waals surface area contributed by atoms with Crippen molar-refractivity contribution in [1.29, 1.82) is 0 Å². The van der Waals surface area contributed by atoms with E-state index in [1.54, 1.807) is 0 Å². The molecule has 43 heavy (non-hydrogen) atoms. The molecule has 3 heterocycles. The maximum Gasteiger partial charge on any atom is 0.238 e. The molecule has 8 aromatic rings. The van der Waals surface area contributed by atoms with Crippen LogP contribution in [-0.4, -0.2) is 19.5 Å². The number of rotatable bonds is 1. The molecule has 0 unspecified atom stereocenters. The van der Waals surface area contributed by atoms with Crippen LogP contribution in [0.25, 0.3) is 83.9 Å². The number of benzene rings is 6. The van der Waals surface area contributed by atoms with Crippen LogP contribution >= 0.6 is 0 Å². The molecule has 0 N–H and O–H groups in total. The normalized spacial score (nSPS) is 11.7. The van der Waals surface area contributed by atoms with Crippen LogP contribution in [0, 0.1) is 0 Å². The molecule has 0 radical (unpaired) electrons. The van der Waals surface area contributed by atoms with E-state index in [0.29, 0.717) is 17.6 Å². The second-order valence-electron chi connectivity index (χ2n) is 11.0. The van der Waals surface area contributed by atoms with Crippen LogP contribution in [0.3, 0.4) is 0 Å². The Balaban J connectivity index is 1.44. The predicted octanol–water partition coefficient (Wildman–Crippen LogP) is 9.62. The van der Waals surface area contributed by atoms with Crippen LogP contribution in [0.2, 0.25) is 0 Å². The summed E-state index contributed by atoms with van der Waals surface area (Å²) in [5.74, 6) is 1.88. The van der Waals surface area contributed by atoms with Crippen molar-refractivity contribution in [3.8, 4) is 62.1 Å². The molecule has 1 aliphatic rings. The van der Waals surface area contributed by atoms with Crippen molar-refractivity contribution in [2.24, 2.45) is 0 Å². The number of nitrogens with zero attached hydrogens (tertiary/aromatic N) is 4. The predicted molar refractivity (Wildman–Crippen MR) is 175 cm³/mol. The summed E-state index contributed by atoms with van der Waals surface area (Å²) < 4.78 is 2.19. The van der Waals surface area contributed by atoms with Crippen molar-refractivity contribution in [2.45, 2.75) is 0 Å². The smallest absolute Gasteiger partial charge is 0.238 e. The summed E-state index contributed by atoms with van der Waals surface area (Å²) >= 11 is 0. The molecule has 1 aliphatic heterocycles. The molecule has 0 amide bonds. The molecular weight excluding hydrogens is 524 g/mol. The summed E-state index contributed by atoms with van der Waals surface area (Å²) in [6.07, 6.45) is 0. The molecule has 0 spiro atoms. The molecule has 0 aliphatic carbocycles. The third-order valence-electron chi connectivity index (χ3n) is 8.38. The number of aromatic nitrogens is 4. The van der Waals surface area contributed by atoms with Gasteiger partial charge in [0.2, 0.25) is 5.95 Å². The van der Waals surface area contributed by atoms with Gasteiger partial charge in [0.05, 0.1) is 11.0 Å². The highest BCUT2D eigenvalue weighted by molar-refractivity contribution is 6.10.